The SMILES string of the molecule is CC/C=C\C/C=C\C/C=C\C/C=C\C/C=C\CCCCCCCC(=O)OC(COC(=O)CCCCCCC/C=C\CCCCCC)COC(=O)CCCCCCCCCCCCCCCCCCCCC/C=C\CCCCCCCCCC. The van der Waals surface area contributed by atoms with Crippen molar-refractivity contribution in [2.75, 3.05) is 13.2 Å². The smallest absolute Gasteiger partial charge is 0.306 e. The molecule has 0 rings (SSSR count). The molecule has 0 radical (unpaired) electrons. The monoisotopic (exact) mass is 1160 g/mol. The summed E-state index contributed by atoms with van der Waals surface area (Å²) in [4.78, 5) is 38.4. The lowest BCUT2D eigenvalue weighted by Gasteiger charge is -2.18. The summed E-state index contributed by atoms with van der Waals surface area (Å²) in [5, 5.41) is 0. The molecule has 1 unspecified atom stereocenters. The molecule has 0 saturated heterocycles. The maximum atomic E-state index is 12.9. The van der Waals surface area contributed by atoms with E-state index in [0.29, 0.717) is 19.3 Å². The number of carbonyl (C=O) groups excluding carboxylic acids is 3. The normalized spacial score (nSPS) is 12.6. The highest BCUT2D eigenvalue weighted by Gasteiger charge is 2.19. The first kappa shape index (κ1) is 79.6. The van der Waals surface area contributed by atoms with Crippen LogP contribution in [0.1, 0.15) is 367 Å². The summed E-state index contributed by atoms with van der Waals surface area (Å²) in [6.45, 7) is 6.53. The Kier molecular flexibility index (Phi) is 68.2. The third kappa shape index (κ3) is 69.3. The molecule has 0 saturated carbocycles. The molecule has 0 aliphatic rings. The molecule has 0 aromatic heterocycles. The number of ether oxygens (including phenoxy) is 3. The minimum absolute atomic E-state index is 0.0844. The van der Waals surface area contributed by atoms with Crippen molar-refractivity contribution >= 4 is 17.9 Å². The van der Waals surface area contributed by atoms with Crippen molar-refractivity contribution in [1.82, 2.24) is 0 Å². The van der Waals surface area contributed by atoms with Gasteiger partial charge in [0.05, 0.1) is 0 Å². The van der Waals surface area contributed by atoms with Gasteiger partial charge in [-0.2, -0.15) is 0 Å². The molecular weight excluding hydrogens is 1020 g/mol. The number of rotatable bonds is 66. The molecule has 0 heterocycles. The van der Waals surface area contributed by atoms with Gasteiger partial charge >= 0.3 is 17.9 Å². The molecule has 6 heteroatoms. The largest absolute Gasteiger partial charge is 0.462 e. The number of esters is 3. The van der Waals surface area contributed by atoms with Crippen molar-refractivity contribution in [1.29, 1.82) is 0 Å². The Hall–Kier alpha value is -3.41. The van der Waals surface area contributed by atoms with E-state index in [1.54, 1.807) is 0 Å². The van der Waals surface area contributed by atoms with Crippen LogP contribution in [-0.2, 0) is 28.6 Å². The van der Waals surface area contributed by atoms with E-state index in [2.05, 4.69) is 106 Å². The van der Waals surface area contributed by atoms with Gasteiger partial charge in [0.2, 0.25) is 0 Å². The van der Waals surface area contributed by atoms with Crippen LogP contribution in [0.4, 0.5) is 0 Å². The highest BCUT2D eigenvalue weighted by molar-refractivity contribution is 5.71. The number of carbonyl (C=O) groups is 3. The Morgan fingerprint density at radius 2 is 0.470 bits per heavy atom. The molecule has 0 aliphatic heterocycles. The van der Waals surface area contributed by atoms with Crippen molar-refractivity contribution in [3.63, 3.8) is 0 Å². The predicted octanol–water partition coefficient (Wildman–Crippen LogP) is 25.0. The lowest BCUT2D eigenvalue weighted by atomic mass is 10.0. The summed E-state index contributed by atoms with van der Waals surface area (Å²) in [5.41, 5.74) is 0. The van der Waals surface area contributed by atoms with E-state index < -0.39 is 6.10 Å². The second-order valence-corrected chi connectivity index (χ2v) is 24.1. The van der Waals surface area contributed by atoms with Crippen molar-refractivity contribution in [3.8, 4) is 0 Å². The standard InChI is InChI=1S/C77H136O6/c1-4-7-10-13-16-19-22-25-27-29-31-33-34-35-36-37-38-39-40-41-42-44-45-47-49-52-55-58-61-64-67-70-76(79)82-73-74(72-81-75(78)69-66-63-60-57-54-51-24-21-18-15-12-9-6-3)83-77(80)71-68-65-62-59-56-53-50-48-46-43-32-30-28-26-23-20-17-14-11-8-5-2/h8,11,17,20-21,24,26,28-29,31-32,43,48,50,74H,4-7,9-10,12-16,18-19,22-23,25,27,30,33-42,44-47,49,51-73H2,1-3H3/b11-8-,20-17-,24-21-,28-26-,31-29-,43-32-,50-48-. The third-order valence-electron chi connectivity index (χ3n) is 15.9. The van der Waals surface area contributed by atoms with E-state index in [-0.39, 0.29) is 31.1 Å². The highest BCUT2D eigenvalue weighted by atomic mass is 16.6. The minimum atomic E-state index is -0.791. The zero-order valence-corrected chi connectivity index (χ0v) is 55.2. The van der Waals surface area contributed by atoms with E-state index in [0.717, 1.165) is 116 Å². The molecule has 83 heavy (non-hydrogen) atoms. The van der Waals surface area contributed by atoms with Crippen LogP contribution in [0.3, 0.4) is 0 Å². The zero-order valence-electron chi connectivity index (χ0n) is 55.2. The number of allylic oxidation sites excluding steroid dienone is 14. The highest BCUT2D eigenvalue weighted by Crippen LogP contribution is 2.18. The summed E-state index contributed by atoms with van der Waals surface area (Å²) in [5.74, 6) is -0.895. The van der Waals surface area contributed by atoms with Gasteiger partial charge < -0.3 is 14.2 Å². The van der Waals surface area contributed by atoms with Crippen molar-refractivity contribution in [3.05, 3.63) is 85.1 Å². The van der Waals surface area contributed by atoms with E-state index in [1.807, 2.05) is 0 Å². The van der Waals surface area contributed by atoms with E-state index in [4.69, 9.17) is 14.2 Å². The summed E-state index contributed by atoms with van der Waals surface area (Å²) < 4.78 is 17.0. The molecule has 0 spiro atoms. The van der Waals surface area contributed by atoms with Gasteiger partial charge in [0, 0.05) is 19.3 Å². The summed E-state index contributed by atoms with van der Waals surface area (Å²) in [6, 6.07) is 0. The Bertz CT molecular complexity index is 1570. The molecule has 1 atom stereocenters. The molecule has 0 N–H and O–H groups in total. The van der Waals surface area contributed by atoms with Gasteiger partial charge in [-0.15, -0.1) is 0 Å². The molecule has 0 aliphatic carbocycles. The van der Waals surface area contributed by atoms with Crippen LogP contribution in [-0.4, -0.2) is 37.2 Å². The Balaban J connectivity index is 4.22. The second kappa shape index (κ2) is 71.1. The summed E-state index contributed by atoms with van der Waals surface area (Å²) >= 11 is 0. The van der Waals surface area contributed by atoms with E-state index >= 15 is 0 Å². The molecule has 6 nitrogen and oxygen atoms in total. The average Bonchev–Trinajstić information content (AvgIpc) is 3.49. The molecule has 480 valence electrons. The topological polar surface area (TPSA) is 78.9 Å². The number of unbranched alkanes of at least 4 members (excludes halogenated alkanes) is 41. The zero-order chi connectivity index (χ0) is 59.9. The first-order valence-electron chi connectivity index (χ1n) is 36.1. The van der Waals surface area contributed by atoms with Gasteiger partial charge in [0.1, 0.15) is 13.2 Å². The first-order chi connectivity index (χ1) is 41.0. The molecule has 0 aromatic carbocycles. The Morgan fingerprint density at radius 1 is 0.253 bits per heavy atom. The van der Waals surface area contributed by atoms with Gasteiger partial charge in [0.25, 0.3) is 0 Å². The number of hydrogen-bond acceptors (Lipinski definition) is 6. The van der Waals surface area contributed by atoms with Crippen LogP contribution in [0.15, 0.2) is 85.1 Å². The lowest BCUT2D eigenvalue weighted by molar-refractivity contribution is -0.167. The van der Waals surface area contributed by atoms with Crippen molar-refractivity contribution < 1.29 is 28.6 Å². The minimum Gasteiger partial charge on any atom is -0.462 e. The molecule has 0 aromatic rings. The van der Waals surface area contributed by atoms with Crippen LogP contribution < -0.4 is 0 Å². The van der Waals surface area contributed by atoms with Crippen LogP contribution >= 0.6 is 0 Å². The van der Waals surface area contributed by atoms with Gasteiger partial charge in [-0.05, 0) is 116 Å². The van der Waals surface area contributed by atoms with E-state index in [9.17, 15) is 14.4 Å². The summed E-state index contributed by atoms with van der Waals surface area (Å²) in [7, 11) is 0. The molecular formula is C77H136O6. The maximum Gasteiger partial charge on any atom is 0.306 e. The second-order valence-electron chi connectivity index (χ2n) is 24.1. The fourth-order valence-corrected chi connectivity index (χ4v) is 10.5. The molecule has 0 fully saturated rings. The van der Waals surface area contributed by atoms with Gasteiger partial charge in [-0.25, -0.2) is 0 Å². The first-order valence-corrected chi connectivity index (χ1v) is 36.1. The van der Waals surface area contributed by atoms with Gasteiger partial charge in [-0.3, -0.25) is 14.4 Å². The number of hydrogen-bond donors (Lipinski definition) is 0. The fraction of sp³-hybridized carbons (Fsp3) is 0.779. The fourth-order valence-electron chi connectivity index (χ4n) is 10.5. The maximum absolute atomic E-state index is 12.9. The Morgan fingerprint density at radius 3 is 0.759 bits per heavy atom. The quantitative estimate of drug-likeness (QED) is 0.0261. The third-order valence-corrected chi connectivity index (χ3v) is 15.9. The van der Waals surface area contributed by atoms with Crippen LogP contribution in [0, 0.1) is 0 Å². The van der Waals surface area contributed by atoms with Crippen LogP contribution in [0.5, 0.6) is 0 Å². The van der Waals surface area contributed by atoms with Crippen molar-refractivity contribution in [2.24, 2.45) is 0 Å². The van der Waals surface area contributed by atoms with Gasteiger partial charge in [0.15, 0.2) is 6.10 Å². The lowest BCUT2D eigenvalue weighted by Crippen LogP contribution is -2.30. The molecule has 0 bridgehead atoms. The van der Waals surface area contributed by atoms with E-state index in [1.165, 1.54) is 212 Å². The van der Waals surface area contributed by atoms with Gasteiger partial charge in [-0.1, -0.05) is 318 Å². The Labute approximate surface area is 515 Å². The summed E-state index contributed by atoms with van der Waals surface area (Å²) in [6.07, 6.45) is 94.8. The predicted molar refractivity (Wildman–Crippen MR) is 362 cm³/mol. The molecule has 0 amide bonds. The average molecular weight is 1160 g/mol. The van der Waals surface area contributed by atoms with Crippen LogP contribution in [0.2, 0.25) is 0 Å². The van der Waals surface area contributed by atoms with Crippen LogP contribution in [0.25, 0.3) is 0 Å². The van der Waals surface area contributed by atoms with Crippen molar-refractivity contribution in [2.45, 2.75) is 374 Å².